The summed E-state index contributed by atoms with van der Waals surface area (Å²) in [6.45, 7) is 1.62. The summed E-state index contributed by atoms with van der Waals surface area (Å²) in [5.74, 6) is 1.72. The largest absolute Gasteiger partial charge is 0.457 e. The smallest absolute Gasteiger partial charge is 0.133 e. The first-order chi connectivity index (χ1) is 10.2. The number of likely N-dealkylation sites (tertiary alicyclic amines) is 1. The van der Waals surface area contributed by atoms with Crippen molar-refractivity contribution in [3.05, 3.63) is 59.7 Å². The minimum atomic E-state index is -0.893. The molecule has 2 heterocycles. The van der Waals surface area contributed by atoms with Crippen LogP contribution in [0, 0.1) is 0 Å². The zero-order valence-electron chi connectivity index (χ0n) is 12.1. The molecule has 2 aromatic rings. The van der Waals surface area contributed by atoms with Crippen LogP contribution in [0.3, 0.4) is 0 Å². The average Bonchev–Trinajstić information content (AvgIpc) is 2.59. The fraction of sp³-hybridized carbons (Fsp3) is 0.333. The second kappa shape index (κ2) is 4.58. The van der Waals surface area contributed by atoms with Gasteiger partial charge in [-0.25, -0.2) is 0 Å². The van der Waals surface area contributed by atoms with Gasteiger partial charge in [0, 0.05) is 23.6 Å². The number of aliphatic hydroxyl groups is 1. The van der Waals surface area contributed by atoms with Crippen molar-refractivity contribution in [2.75, 3.05) is 20.1 Å². The first-order valence-corrected chi connectivity index (χ1v) is 7.46. The highest BCUT2D eigenvalue weighted by Gasteiger charge is 2.47. The van der Waals surface area contributed by atoms with Gasteiger partial charge in [0.1, 0.15) is 17.1 Å². The summed E-state index contributed by atoms with van der Waals surface area (Å²) in [6.07, 6.45) is 0.932. The number of para-hydroxylation sites is 2. The molecule has 108 valence electrons. The number of ether oxygens (including phenoxy) is 1. The van der Waals surface area contributed by atoms with E-state index in [0.717, 1.165) is 35.6 Å². The Balaban J connectivity index is 1.97. The van der Waals surface area contributed by atoms with E-state index >= 15 is 0 Å². The monoisotopic (exact) mass is 281 g/mol. The summed E-state index contributed by atoms with van der Waals surface area (Å²) in [5.41, 5.74) is 1.12. The lowest BCUT2D eigenvalue weighted by molar-refractivity contribution is -0.0470. The van der Waals surface area contributed by atoms with Crippen molar-refractivity contribution in [3.8, 4) is 11.5 Å². The molecule has 21 heavy (non-hydrogen) atoms. The maximum atomic E-state index is 11.5. The van der Waals surface area contributed by atoms with Gasteiger partial charge in [-0.2, -0.15) is 0 Å². The van der Waals surface area contributed by atoms with Crippen molar-refractivity contribution in [2.24, 2.45) is 0 Å². The van der Waals surface area contributed by atoms with Crippen LogP contribution in [0.2, 0.25) is 0 Å². The second-order valence-electron chi connectivity index (χ2n) is 6.14. The van der Waals surface area contributed by atoms with Crippen molar-refractivity contribution in [1.82, 2.24) is 4.90 Å². The third-order valence-electron chi connectivity index (χ3n) is 4.75. The van der Waals surface area contributed by atoms with Crippen LogP contribution in [-0.2, 0) is 5.60 Å². The molecule has 3 heteroatoms. The number of likely N-dealkylation sites (N-methyl/N-ethyl adjacent to an activating group) is 1. The van der Waals surface area contributed by atoms with Gasteiger partial charge in [-0.05, 0) is 32.1 Å². The van der Waals surface area contributed by atoms with Crippen LogP contribution in [0.5, 0.6) is 11.5 Å². The lowest BCUT2D eigenvalue weighted by Crippen LogP contribution is -2.48. The van der Waals surface area contributed by atoms with Crippen LogP contribution >= 0.6 is 0 Å². The minimum Gasteiger partial charge on any atom is -0.457 e. The Morgan fingerprint density at radius 3 is 2.67 bits per heavy atom. The van der Waals surface area contributed by atoms with E-state index < -0.39 is 5.60 Å². The predicted molar refractivity (Wildman–Crippen MR) is 81.7 cm³/mol. The van der Waals surface area contributed by atoms with Gasteiger partial charge < -0.3 is 14.7 Å². The molecule has 1 saturated heterocycles. The Morgan fingerprint density at radius 1 is 1.10 bits per heavy atom. The molecule has 2 atom stereocenters. The topological polar surface area (TPSA) is 32.7 Å². The Bertz CT molecular complexity index is 684. The molecule has 2 aliphatic rings. The number of β-amino-alcohol motifs (C(OH)–C–C–N with tert-alkyl or cyclic N) is 1. The van der Waals surface area contributed by atoms with Gasteiger partial charge in [0.25, 0.3) is 0 Å². The van der Waals surface area contributed by atoms with E-state index in [2.05, 4.69) is 18.0 Å². The SMILES string of the molecule is CN1CC[C@H]2c3ccccc3Oc3ccccc3[C@@]2(O)C1. The molecule has 0 aliphatic carbocycles. The summed E-state index contributed by atoms with van der Waals surface area (Å²) in [5, 5.41) is 11.5. The molecule has 1 fully saturated rings. The summed E-state index contributed by atoms with van der Waals surface area (Å²) < 4.78 is 6.12. The molecular formula is C18H19NO2. The molecule has 2 aromatic carbocycles. The Hall–Kier alpha value is -1.84. The van der Waals surface area contributed by atoms with Crippen molar-refractivity contribution < 1.29 is 9.84 Å². The number of rotatable bonds is 0. The van der Waals surface area contributed by atoms with E-state index in [1.165, 1.54) is 0 Å². The molecule has 2 aliphatic heterocycles. The molecule has 0 amide bonds. The summed E-state index contributed by atoms with van der Waals surface area (Å²) in [7, 11) is 2.06. The second-order valence-corrected chi connectivity index (χ2v) is 6.14. The van der Waals surface area contributed by atoms with Crippen molar-refractivity contribution >= 4 is 0 Å². The highest BCUT2D eigenvalue weighted by atomic mass is 16.5. The molecule has 0 unspecified atom stereocenters. The van der Waals surface area contributed by atoms with E-state index in [0.29, 0.717) is 6.54 Å². The Kier molecular flexibility index (Phi) is 2.81. The number of nitrogens with zero attached hydrogens (tertiary/aromatic N) is 1. The van der Waals surface area contributed by atoms with Gasteiger partial charge in [-0.1, -0.05) is 36.4 Å². The lowest BCUT2D eigenvalue weighted by Gasteiger charge is -2.43. The predicted octanol–water partition coefficient (Wildman–Crippen LogP) is 3.10. The molecule has 3 nitrogen and oxygen atoms in total. The van der Waals surface area contributed by atoms with E-state index in [4.69, 9.17) is 4.74 Å². The van der Waals surface area contributed by atoms with Gasteiger partial charge >= 0.3 is 0 Å². The van der Waals surface area contributed by atoms with Crippen LogP contribution in [0.15, 0.2) is 48.5 Å². The summed E-state index contributed by atoms with van der Waals surface area (Å²) in [6, 6.07) is 16.0. The number of piperidine rings is 1. The van der Waals surface area contributed by atoms with E-state index in [-0.39, 0.29) is 5.92 Å². The van der Waals surface area contributed by atoms with Crippen LogP contribution in [-0.4, -0.2) is 30.1 Å². The highest BCUT2D eigenvalue weighted by molar-refractivity contribution is 5.51. The maximum Gasteiger partial charge on any atom is 0.133 e. The van der Waals surface area contributed by atoms with Crippen molar-refractivity contribution in [1.29, 1.82) is 0 Å². The molecule has 1 N–H and O–H groups in total. The Morgan fingerprint density at radius 2 is 1.81 bits per heavy atom. The van der Waals surface area contributed by atoms with E-state index in [9.17, 15) is 5.11 Å². The average molecular weight is 281 g/mol. The summed E-state index contributed by atoms with van der Waals surface area (Å²) >= 11 is 0. The fourth-order valence-corrected chi connectivity index (χ4v) is 3.77. The summed E-state index contributed by atoms with van der Waals surface area (Å²) in [4.78, 5) is 2.20. The zero-order chi connectivity index (χ0) is 14.4. The van der Waals surface area contributed by atoms with Crippen LogP contribution in [0.25, 0.3) is 0 Å². The van der Waals surface area contributed by atoms with E-state index in [1.54, 1.807) is 0 Å². The quantitative estimate of drug-likeness (QED) is 0.805. The maximum absolute atomic E-state index is 11.5. The first-order valence-electron chi connectivity index (χ1n) is 7.46. The molecule has 4 rings (SSSR count). The van der Waals surface area contributed by atoms with Crippen LogP contribution in [0.1, 0.15) is 23.5 Å². The van der Waals surface area contributed by atoms with Gasteiger partial charge in [0.05, 0.1) is 0 Å². The van der Waals surface area contributed by atoms with Crippen molar-refractivity contribution in [3.63, 3.8) is 0 Å². The highest BCUT2D eigenvalue weighted by Crippen LogP contribution is 2.51. The normalized spacial score (nSPS) is 27.8. The van der Waals surface area contributed by atoms with E-state index in [1.807, 2.05) is 42.5 Å². The van der Waals surface area contributed by atoms with Crippen LogP contribution < -0.4 is 4.74 Å². The lowest BCUT2D eigenvalue weighted by atomic mass is 9.73. The van der Waals surface area contributed by atoms with Crippen molar-refractivity contribution in [2.45, 2.75) is 17.9 Å². The van der Waals surface area contributed by atoms with Gasteiger partial charge in [-0.3, -0.25) is 0 Å². The number of hydrogen-bond acceptors (Lipinski definition) is 3. The standard InChI is InChI=1S/C18H19NO2/c1-19-11-10-14-13-6-2-4-8-16(13)21-17-9-5-3-7-15(17)18(14,20)12-19/h2-9,14,20H,10-12H2,1H3/t14-,18+/m0/s1. The number of benzene rings is 2. The molecule has 0 aromatic heterocycles. The number of hydrogen-bond donors (Lipinski definition) is 1. The molecular weight excluding hydrogens is 262 g/mol. The fourth-order valence-electron chi connectivity index (χ4n) is 3.77. The first kappa shape index (κ1) is 12.9. The molecule has 0 saturated carbocycles. The van der Waals surface area contributed by atoms with Gasteiger partial charge in [-0.15, -0.1) is 0 Å². The minimum absolute atomic E-state index is 0.0774. The molecule has 0 bridgehead atoms. The Labute approximate surface area is 124 Å². The third kappa shape index (κ3) is 1.88. The molecule has 0 radical (unpaired) electrons. The number of fused-ring (bicyclic) bond motifs is 5. The van der Waals surface area contributed by atoms with Gasteiger partial charge in [0.2, 0.25) is 0 Å². The zero-order valence-corrected chi connectivity index (χ0v) is 12.1. The third-order valence-corrected chi connectivity index (χ3v) is 4.75. The molecule has 0 spiro atoms. The van der Waals surface area contributed by atoms with Gasteiger partial charge in [0.15, 0.2) is 0 Å². The van der Waals surface area contributed by atoms with Crippen LogP contribution in [0.4, 0.5) is 0 Å².